The summed E-state index contributed by atoms with van der Waals surface area (Å²) in [6.07, 6.45) is 1.54. The first-order chi connectivity index (χ1) is 9.08. The van der Waals surface area contributed by atoms with Gasteiger partial charge in [0.25, 0.3) is 5.69 Å². The first-order valence-corrected chi connectivity index (χ1v) is 6.11. The molecule has 1 aromatic rings. The predicted molar refractivity (Wildman–Crippen MR) is 71.2 cm³/mol. The molecule has 0 atom stereocenters. The van der Waals surface area contributed by atoms with E-state index < -0.39 is 10.9 Å². The molecule has 0 radical (unpaired) electrons. The first-order valence-electron chi connectivity index (χ1n) is 5.12. The molecule has 0 spiro atoms. The molecule has 0 aromatic heterocycles. The number of rotatable bonds is 5. The van der Waals surface area contributed by atoms with Gasteiger partial charge in [-0.05, 0) is 35.5 Å². The molecule has 6 nitrogen and oxygen atoms in total. The number of thioether (sulfide) groups is 1. The quantitative estimate of drug-likeness (QED) is 0.270. The Labute approximate surface area is 113 Å². The molecule has 0 aliphatic rings. The van der Waals surface area contributed by atoms with Crippen LogP contribution in [-0.4, -0.2) is 23.8 Å². The summed E-state index contributed by atoms with van der Waals surface area (Å²) in [5, 5.41) is 20.9. The molecule has 98 valence electrons. The van der Waals surface area contributed by atoms with Crippen LogP contribution in [0.25, 0.3) is 6.08 Å². The van der Waals surface area contributed by atoms with E-state index in [9.17, 15) is 14.9 Å². The highest BCUT2D eigenvalue weighted by molar-refractivity contribution is 8.03. The van der Waals surface area contributed by atoms with E-state index in [4.69, 9.17) is 5.26 Å². The maximum Gasteiger partial charge on any atom is 0.334 e. The number of carbonyl (C=O) groups is 1. The summed E-state index contributed by atoms with van der Waals surface area (Å²) in [6, 6.07) is 5.74. The number of nitro benzene ring substituents is 1. The van der Waals surface area contributed by atoms with Crippen LogP contribution in [0.5, 0.6) is 0 Å². The lowest BCUT2D eigenvalue weighted by atomic mass is 10.1. The molecule has 0 heterocycles. The van der Waals surface area contributed by atoms with Crippen molar-refractivity contribution >= 4 is 29.5 Å². The molecule has 0 fully saturated rings. The number of hydrogen-bond donors (Lipinski definition) is 0. The minimum Gasteiger partial charge on any atom is -0.466 e. The van der Waals surface area contributed by atoms with Gasteiger partial charge in [0, 0.05) is 23.5 Å². The van der Waals surface area contributed by atoms with Crippen LogP contribution < -0.4 is 0 Å². The number of nitro groups is 1. The smallest absolute Gasteiger partial charge is 0.334 e. The van der Waals surface area contributed by atoms with Crippen molar-refractivity contribution in [2.75, 3.05) is 12.9 Å². The lowest BCUT2D eigenvalue weighted by molar-refractivity contribution is -0.384. The Kier molecular flexibility index (Phi) is 5.57. The molecule has 0 N–H and O–H groups in total. The molecule has 1 rings (SSSR count). The van der Waals surface area contributed by atoms with Crippen LogP contribution in [-0.2, 0) is 9.53 Å². The number of carbonyl (C=O) groups excluding carboxylic acids is 1. The van der Waals surface area contributed by atoms with Crippen LogP contribution in [0.15, 0.2) is 29.8 Å². The number of nitriles is 1. The molecule has 7 heteroatoms. The molecule has 0 saturated carbocycles. The fourth-order valence-corrected chi connectivity index (χ4v) is 1.72. The maximum atomic E-state index is 11.5. The first kappa shape index (κ1) is 14.7. The van der Waals surface area contributed by atoms with Gasteiger partial charge in [0.1, 0.15) is 5.40 Å². The Balaban J connectivity index is 2.97. The number of nitrogens with zero attached hydrogens (tertiary/aromatic N) is 2. The Morgan fingerprint density at radius 2 is 2.16 bits per heavy atom. The summed E-state index contributed by atoms with van der Waals surface area (Å²) in [6.45, 7) is 0. The van der Waals surface area contributed by atoms with E-state index in [0.29, 0.717) is 11.1 Å². The highest BCUT2D eigenvalue weighted by Crippen LogP contribution is 2.16. The second kappa shape index (κ2) is 7.18. The minimum absolute atomic E-state index is 0.0248. The van der Waals surface area contributed by atoms with Crippen LogP contribution in [0.2, 0.25) is 0 Å². The molecular formula is C12H10N2O4S. The molecule has 19 heavy (non-hydrogen) atoms. The average Bonchev–Trinajstić information content (AvgIpc) is 2.43. The average molecular weight is 278 g/mol. The third-order valence-corrected chi connectivity index (χ3v) is 2.77. The summed E-state index contributed by atoms with van der Waals surface area (Å²) in [5.74, 6) is -0.332. The van der Waals surface area contributed by atoms with Crippen molar-refractivity contribution in [2.24, 2.45) is 0 Å². The Hall–Kier alpha value is -2.33. The van der Waals surface area contributed by atoms with E-state index >= 15 is 0 Å². The third-order valence-electron chi connectivity index (χ3n) is 2.18. The normalized spacial score (nSPS) is 10.6. The van der Waals surface area contributed by atoms with E-state index in [1.807, 2.05) is 5.40 Å². The van der Waals surface area contributed by atoms with Crippen LogP contribution in [0.1, 0.15) is 5.56 Å². The van der Waals surface area contributed by atoms with E-state index in [0.717, 1.165) is 11.8 Å². The van der Waals surface area contributed by atoms with E-state index in [1.54, 1.807) is 6.08 Å². The summed E-state index contributed by atoms with van der Waals surface area (Å²) >= 11 is 0.915. The van der Waals surface area contributed by atoms with Crippen molar-refractivity contribution in [1.29, 1.82) is 5.26 Å². The maximum absolute atomic E-state index is 11.5. The standard InChI is InChI=1S/C12H10N2O4S/c1-18-12(15)10(7-19-8-13)6-9-2-4-11(5-3-9)14(16)17/h2-6H,7H2,1H3/b10-6+. The van der Waals surface area contributed by atoms with Gasteiger partial charge in [-0.25, -0.2) is 4.79 Å². The lowest BCUT2D eigenvalue weighted by Gasteiger charge is -2.02. The van der Waals surface area contributed by atoms with Crippen molar-refractivity contribution in [1.82, 2.24) is 0 Å². The van der Waals surface area contributed by atoms with Gasteiger partial charge >= 0.3 is 5.97 Å². The van der Waals surface area contributed by atoms with Gasteiger partial charge in [-0.1, -0.05) is 0 Å². The van der Waals surface area contributed by atoms with Crippen molar-refractivity contribution in [3.8, 4) is 5.40 Å². The van der Waals surface area contributed by atoms with Crippen molar-refractivity contribution in [2.45, 2.75) is 0 Å². The molecule has 0 bridgehead atoms. The molecular weight excluding hydrogens is 268 g/mol. The number of benzene rings is 1. The molecule has 0 unspecified atom stereocenters. The van der Waals surface area contributed by atoms with Crippen LogP contribution in [0.3, 0.4) is 0 Å². The van der Waals surface area contributed by atoms with Gasteiger partial charge in [0.15, 0.2) is 0 Å². The molecule has 0 aliphatic heterocycles. The summed E-state index contributed by atoms with van der Waals surface area (Å²) in [5.41, 5.74) is 0.926. The Morgan fingerprint density at radius 1 is 1.53 bits per heavy atom. The highest BCUT2D eigenvalue weighted by Gasteiger charge is 2.10. The zero-order chi connectivity index (χ0) is 14.3. The van der Waals surface area contributed by atoms with E-state index in [1.165, 1.54) is 31.4 Å². The molecule has 0 amide bonds. The second-order valence-electron chi connectivity index (χ2n) is 3.39. The van der Waals surface area contributed by atoms with Crippen LogP contribution in [0.4, 0.5) is 5.69 Å². The highest BCUT2D eigenvalue weighted by atomic mass is 32.2. The fourth-order valence-electron chi connectivity index (χ4n) is 1.29. The lowest BCUT2D eigenvalue weighted by Crippen LogP contribution is -2.06. The topological polar surface area (TPSA) is 93.2 Å². The zero-order valence-electron chi connectivity index (χ0n) is 10.0. The molecule has 0 aliphatic carbocycles. The van der Waals surface area contributed by atoms with Crippen LogP contribution >= 0.6 is 11.8 Å². The Morgan fingerprint density at radius 3 is 2.63 bits per heavy atom. The summed E-state index contributed by atoms with van der Waals surface area (Å²) in [4.78, 5) is 21.5. The predicted octanol–water partition coefficient (Wildman–Crippen LogP) is 2.37. The van der Waals surface area contributed by atoms with Gasteiger partial charge < -0.3 is 4.74 Å². The Bertz CT molecular complexity index is 546. The number of esters is 1. The van der Waals surface area contributed by atoms with Gasteiger partial charge in [-0.2, -0.15) is 5.26 Å². The number of methoxy groups -OCH3 is 1. The monoisotopic (exact) mass is 278 g/mol. The number of hydrogen-bond acceptors (Lipinski definition) is 6. The van der Waals surface area contributed by atoms with Crippen molar-refractivity contribution < 1.29 is 14.5 Å². The molecule has 0 saturated heterocycles. The SMILES string of the molecule is COC(=O)/C(=C/c1ccc([N+](=O)[O-])cc1)CSC#N. The van der Waals surface area contributed by atoms with Gasteiger partial charge in [0.2, 0.25) is 0 Å². The fraction of sp³-hybridized carbons (Fsp3) is 0.167. The minimum atomic E-state index is -0.527. The largest absolute Gasteiger partial charge is 0.466 e. The number of thiocyanates is 1. The third kappa shape index (κ3) is 4.44. The zero-order valence-corrected chi connectivity index (χ0v) is 10.8. The number of ether oxygens (including phenoxy) is 1. The molecule has 1 aromatic carbocycles. The van der Waals surface area contributed by atoms with Crippen LogP contribution in [0, 0.1) is 20.8 Å². The summed E-state index contributed by atoms with van der Waals surface area (Å²) < 4.78 is 4.61. The van der Waals surface area contributed by atoms with Crippen molar-refractivity contribution in [3.05, 3.63) is 45.5 Å². The second-order valence-corrected chi connectivity index (χ2v) is 4.15. The van der Waals surface area contributed by atoms with Gasteiger partial charge in [-0.15, -0.1) is 0 Å². The van der Waals surface area contributed by atoms with E-state index in [-0.39, 0.29) is 11.4 Å². The van der Waals surface area contributed by atoms with Gasteiger partial charge in [0.05, 0.1) is 12.0 Å². The van der Waals surface area contributed by atoms with Crippen molar-refractivity contribution in [3.63, 3.8) is 0 Å². The number of non-ortho nitro benzene ring substituents is 1. The van der Waals surface area contributed by atoms with E-state index in [2.05, 4.69) is 4.74 Å². The van der Waals surface area contributed by atoms with Gasteiger partial charge in [-0.3, -0.25) is 10.1 Å². The summed E-state index contributed by atoms with van der Waals surface area (Å²) in [7, 11) is 1.25.